The van der Waals surface area contributed by atoms with Crippen molar-refractivity contribution in [3.8, 4) is 17.0 Å². The topological polar surface area (TPSA) is 77.2 Å². The number of carboxylic acids is 1. The number of nitrogens with zero attached hydrogens (tertiary/aromatic N) is 3. The molecule has 4 rings (SSSR count). The molecule has 6 nitrogen and oxygen atoms in total. The Balaban J connectivity index is 1.58. The van der Waals surface area contributed by atoms with Crippen molar-refractivity contribution in [3.63, 3.8) is 0 Å². The molecule has 0 bridgehead atoms. The molecule has 0 aliphatic rings. The first-order valence-corrected chi connectivity index (χ1v) is 10.3. The van der Waals surface area contributed by atoms with E-state index in [0.717, 1.165) is 12.1 Å². The number of carbonyl (C=O) groups is 1. The minimum atomic E-state index is -4.52. The second-order valence-corrected chi connectivity index (χ2v) is 7.82. The number of hydrogen-bond acceptors (Lipinski definition) is 5. The fourth-order valence-corrected chi connectivity index (χ4v) is 3.78. The molecule has 4 aromatic rings. The molecule has 0 spiro atoms. The van der Waals surface area contributed by atoms with Gasteiger partial charge < -0.3 is 9.84 Å². The summed E-state index contributed by atoms with van der Waals surface area (Å²) in [5.41, 5.74) is 0.340. The molecule has 0 atom stereocenters. The van der Waals surface area contributed by atoms with Crippen LogP contribution in [0.15, 0.2) is 66.3 Å². The lowest BCUT2D eigenvalue weighted by Crippen LogP contribution is -2.07. The molecule has 1 N–H and O–H groups in total. The number of halogens is 3. The predicted octanol–water partition coefficient (Wildman–Crippen LogP) is 5.35. The van der Waals surface area contributed by atoms with Gasteiger partial charge in [0, 0.05) is 17.1 Å². The molecule has 0 unspecified atom stereocenters. The monoisotopic (exact) mass is 459 g/mol. The van der Waals surface area contributed by atoms with Gasteiger partial charge in [0.25, 0.3) is 0 Å². The number of aromatic carboxylic acids is 1. The number of rotatable bonds is 7. The SMILES string of the molecule is O=C(O)c1cnn(Cc2nc(-c3cc(COc4ccccc4)cc(C(F)(F)F)c3)cs2)c1. The Morgan fingerprint density at radius 1 is 1.16 bits per heavy atom. The van der Waals surface area contributed by atoms with E-state index in [2.05, 4.69) is 10.1 Å². The average Bonchev–Trinajstić information content (AvgIpc) is 3.42. The Morgan fingerprint density at radius 3 is 2.62 bits per heavy atom. The van der Waals surface area contributed by atoms with E-state index in [1.807, 2.05) is 6.07 Å². The summed E-state index contributed by atoms with van der Waals surface area (Å²) in [6.07, 6.45) is -1.92. The standard InChI is InChI=1S/C22H16F3N3O3S/c23-22(24,25)17-7-14(12-31-18-4-2-1-3-5-18)6-15(8-17)19-13-32-20(27-19)11-28-10-16(9-26-28)21(29)30/h1-10,13H,11-12H2,(H,29,30). The molecule has 2 heterocycles. The van der Waals surface area contributed by atoms with Gasteiger partial charge in [-0.3, -0.25) is 4.68 Å². The zero-order chi connectivity index (χ0) is 22.7. The third-order valence-electron chi connectivity index (χ3n) is 4.49. The van der Waals surface area contributed by atoms with Crippen molar-refractivity contribution in [3.05, 3.63) is 88.0 Å². The quantitative estimate of drug-likeness (QED) is 0.403. The van der Waals surface area contributed by atoms with E-state index in [9.17, 15) is 18.0 Å². The van der Waals surface area contributed by atoms with E-state index in [0.29, 0.717) is 27.6 Å². The summed E-state index contributed by atoms with van der Waals surface area (Å²) in [6, 6.07) is 12.6. The maximum Gasteiger partial charge on any atom is 0.416 e. The lowest BCUT2D eigenvalue weighted by molar-refractivity contribution is -0.137. The number of thiazole rings is 1. The van der Waals surface area contributed by atoms with Crippen molar-refractivity contribution in [1.29, 1.82) is 0 Å². The van der Waals surface area contributed by atoms with Gasteiger partial charge in [-0.1, -0.05) is 18.2 Å². The first-order valence-electron chi connectivity index (χ1n) is 9.37. The molecule has 0 saturated heterocycles. The van der Waals surface area contributed by atoms with E-state index in [1.54, 1.807) is 35.7 Å². The molecule has 0 fully saturated rings. The summed E-state index contributed by atoms with van der Waals surface area (Å²) in [5.74, 6) is -0.535. The van der Waals surface area contributed by atoms with Crippen molar-refractivity contribution in [1.82, 2.24) is 14.8 Å². The molecule has 0 aliphatic heterocycles. The van der Waals surface area contributed by atoms with Crippen LogP contribution in [0.3, 0.4) is 0 Å². The first-order chi connectivity index (χ1) is 15.3. The summed E-state index contributed by atoms with van der Waals surface area (Å²) >= 11 is 1.25. The molecule has 10 heteroatoms. The third kappa shape index (κ3) is 5.14. The number of para-hydroxylation sites is 1. The number of ether oxygens (including phenoxy) is 1. The van der Waals surface area contributed by atoms with Gasteiger partial charge in [-0.25, -0.2) is 9.78 Å². The van der Waals surface area contributed by atoms with Crippen LogP contribution < -0.4 is 4.74 Å². The van der Waals surface area contributed by atoms with Crippen LogP contribution in [-0.4, -0.2) is 25.8 Å². The van der Waals surface area contributed by atoms with Crippen LogP contribution in [0.4, 0.5) is 13.2 Å². The van der Waals surface area contributed by atoms with Crippen LogP contribution in [-0.2, 0) is 19.3 Å². The maximum absolute atomic E-state index is 13.5. The highest BCUT2D eigenvalue weighted by molar-refractivity contribution is 7.09. The summed E-state index contributed by atoms with van der Waals surface area (Å²) in [4.78, 5) is 15.4. The van der Waals surface area contributed by atoms with Gasteiger partial charge in [0.15, 0.2) is 0 Å². The zero-order valence-corrected chi connectivity index (χ0v) is 17.2. The average molecular weight is 459 g/mol. The Morgan fingerprint density at radius 2 is 1.94 bits per heavy atom. The molecule has 0 amide bonds. The lowest BCUT2D eigenvalue weighted by Gasteiger charge is -2.12. The summed E-state index contributed by atoms with van der Waals surface area (Å²) in [6.45, 7) is 0.185. The molecule has 164 valence electrons. The smallest absolute Gasteiger partial charge is 0.416 e. The summed E-state index contributed by atoms with van der Waals surface area (Å²) in [5, 5.41) is 15.2. The van der Waals surface area contributed by atoms with Crippen LogP contribution in [0.25, 0.3) is 11.3 Å². The molecule has 32 heavy (non-hydrogen) atoms. The highest BCUT2D eigenvalue weighted by atomic mass is 32.1. The highest BCUT2D eigenvalue weighted by Crippen LogP contribution is 2.34. The van der Waals surface area contributed by atoms with Crippen molar-refractivity contribution >= 4 is 17.3 Å². The molecule has 0 aliphatic carbocycles. The molecule has 2 aromatic heterocycles. The minimum Gasteiger partial charge on any atom is -0.489 e. The van der Waals surface area contributed by atoms with Crippen molar-refractivity contribution in [2.75, 3.05) is 0 Å². The van der Waals surface area contributed by atoms with E-state index in [4.69, 9.17) is 9.84 Å². The second-order valence-electron chi connectivity index (χ2n) is 6.88. The number of aromatic nitrogens is 3. The van der Waals surface area contributed by atoms with Gasteiger partial charge >= 0.3 is 12.1 Å². The minimum absolute atomic E-state index is 0.0246. The van der Waals surface area contributed by atoms with Crippen LogP contribution in [0.5, 0.6) is 5.75 Å². The second kappa shape index (κ2) is 8.83. The Kier molecular flexibility index (Phi) is 5.95. The van der Waals surface area contributed by atoms with Gasteiger partial charge in [0.05, 0.1) is 29.6 Å². The van der Waals surface area contributed by atoms with Gasteiger partial charge in [0.1, 0.15) is 17.4 Å². The summed E-state index contributed by atoms with van der Waals surface area (Å²) in [7, 11) is 0. The molecule has 0 radical (unpaired) electrons. The molecular formula is C22H16F3N3O3S. The predicted molar refractivity (Wildman–Crippen MR) is 112 cm³/mol. The van der Waals surface area contributed by atoms with Gasteiger partial charge in [-0.15, -0.1) is 11.3 Å². The van der Waals surface area contributed by atoms with E-state index in [1.165, 1.54) is 28.4 Å². The van der Waals surface area contributed by atoms with Crippen molar-refractivity contribution < 1.29 is 27.8 Å². The largest absolute Gasteiger partial charge is 0.489 e. The third-order valence-corrected chi connectivity index (χ3v) is 5.33. The Hall–Kier alpha value is -3.66. The molecular weight excluding hydrogens is 443 g/mol. The maximum atomic E-state index is 13.5. The normalized spacial score (nSPS) is 11.5. The van der Waals surface area contributed by atoms with Gasteiger partial charge in [-0.05, 0) is 35.9 Å². The van der Waals surface area contributed by atoms with Crippen LogP contribution >= 0.6 is 11.3 Å². The van der Waals surface area contributed by atoms with E-state index < -0.39 is 17.7 Å². The first kappa shape index (κ1) is 21.6. The zero-order valence-electron chi connectivity index (χ0n) is 16.4. The lowest BCUT2D eigenvalue weighted by atomic mass is 10.0. The fraction of sp³-hybridized carbons (Fsp3) is 0.136. The number of alkyl halides is 3. The molecule has 0 saturated carbocycles. The highest BCUT2D eigenvalue weighted by Gasteiger charge is 2.31. The Bertz CT molecular complexity index is 1240. The van der Waals surface area contributed by atoms with Gasteiger partial charge in [-0.2, -0.15) is 18.3 Å². The Labute approximate surface area is 184 Å². The summed E-state index contributed by atoms with van der Waals surface area (Å²) < 4.78 is 47.4. The van der Waals surface area contributed by atoms with Crippen LogP contribution in [0.2, 0.25) is 0 Å². The van der Waals surface area contributed by atoms with Crippen molar-refractivity contribution in [2.24, 2.45) is 0 Å². The van der Waals surface area contributed by atoms with E-state index in [-0.39, 0.29) is 18.7 Å². The number of benzene rings is 2. The van der Waals surface area contributed by atoms with Gasteiger partial charge in [0.2, 0.25) is 0 Å². The van der Waals surface area contributed by atoms with Crippen molar-refractivity contribution in [2.45, 2.75) is 19.3 Å². The number of carboxylic acid groups (broad SMARTS) is 1. The fourth-order valence-electron chi connectivity index (χ4n) is 2.99. The van der Waals surface area contributed by atoms with E-state index >= 15 is 0 Å². The number of hydrogen-bond donors (Lipinski definition) is 1. The van der Waals surface area contributed by atoms with Crippen LogP contribution in [0.1, 0.15) is 26.5 Å². The van der Waals surface area contributed by atoms with Crippen LogP contribution in [0, 0.1) is 0 Å². The molecule has 2 aromatic carbocycles.